The fourth-order valence-electron chi connectivity index (χ4n) is 23.7. The lowest BCUT2D eigenvalue weighted by Gasteiger charge is -2.20. The van der Waals surface area contributed by atoms with E-state index in [9.17, 15) is 0 Å². The van der Waals surface area contributed by atoms with E-state index in [1.54, 1.807) is 0 Å². The minimum atomic E-state index is 0.909. The summed E-state index contributed by atoms with van der Waals surface area (Å²) in [5.41, 5.74) is 27.7. The smallest absolute Gasteiger partial charge is 0.136 e. The van der Waals surface area contributed by atoms with Gasteiger partial charge in [-0.25, -0.2) is 0 Å². The molecule has 0 fully saturated rings. The first kappa shape index (κ1) is 83.0. The molecule has 0 aliphatic rings. The molecule has 0 spiro atoms. The minimum Gasteiger partial charge on any atom is -0.456 e. The normalized spacial score (nSPS) is 11.9. The standard InChI is InChI=1S/C50H30O.2C46H28O/c1-2-12-32-25-37(22-21-31(32)11-1)49-40-17-7-9-19-42(40)50(43-20-10-8-18-41(43)49)46-29-38(26-36-15-5-6-16-39(36)46)35-23-24-47-44(28-35)45-27-33-13-3-4-14-34(33)30-48(45)51-47;1-2-12-29(13-3-1)45-36-18-8-10-20-38(36)46(39-21-11-9-19-37(39)45)42-27-34(24-33-16-6-7-17-35(33)42)32-22-23-43-40(26-32)41-25-30-14-4-5-15-31(30)28-44(41)47-43;1-2-12-29(13-3-1)45-36-18-8-10-20-38(36)46(39-21-11-9-19-37(39)45)34-24-32-16-6-7-17-35(32)40(27-34)33-22-23-43-41(26-33)42-25-30-14-4-5-15-31(30)28-44(42)47-43/h1-30H;2*1-28H. The van der Waals surface area contributed by atoms with Gasteiger partial charge in [-0.05, 0) is 355 Å². The average molecular weight is 1840 g/mol. The summed E-state index contributed by atoms with van der Waals surface area (Å²) in [6.45, 7) is 0. The van der Waals surface area contributed by atoms with Crippen molar-refractivity contribution in [2.45, 2.75) is 0 Å². The Kier molecular flexibility index (Phi) is 19.4. The third-order valence-corrected chi connectivity index (χ3v) is 30.4. The monoisotopic (exact) mass is 1840 g/mol. The van der Waals surface area contributed by atoms with Crippen molar-refractivity contribution in [3.8, 4) is 100 Å². The van der Waals surface area contributed by atoms with Gasteiger partial charge in [0.05, 0.1) is 0 Å². The Morgan fingerprint density at radius 3 is 0.655 bits per heavy atom. The minimum absolute atomic E-state index is 0.909. The molecule has 0 N–H and O–H groups in total. The Balaban J connectivity index is 0.000000103. The molecule has 3 heterocycles. The second-order valence-electron chi connectivity index (χ2n) is 38.6. The fourth-order valence-corrected chi connectivity index (χ4v) is 23.7. The van der Waals surface area contributed by atoms with Crippen molar-refractivity contribution in [1.29, 1.82) is 0 Å². The number of fused-ring (bicyclic) bond motifs is 22. The highest BCUT2D eigenvalue weighted by atomic mass is 16.3. The lowest BCUT2D eigenvalue weighted by atomic mass is 9.83. The van der Waals surface area contributed by atoms with E-state index in [-0.39, 0.29) is 0 Å². The molecule has 0 radical (unpaired) electrons. The van der Waals surface area contributed by atoms with E-state index in [0.717, 1.165) is 65.8 Å². The predicted octanol–water partition coefficient (Wildman–Crippen LogP) is 40.8. The van der Waals surface area contributed by atoms with Gasteiger partial charge in [-0.15, -0.1) is 0 Å². The summed E-state index contributed by atoms with van der Waals surface area (Å²) < 4.78 is 19.1. The molecule has 3 heteroatoms. The summed E-state index contributed by atoms with van der Waals surface area (Å²) in [5.74, 6) is 0. The Morgan fingerprint density at radius 2 is 0.310 bits per heavy atom. The summed E-state index contributed by atoms with van der Waals surface area (Å²) in [5, 5.41) is 39.1. The number of hydrogen-bond acceptors (Lipinski definition) is 3. The Morgan fingerprint density at radius 1 is 0.0897 bits per heavy atom. The van der Waals surface area contributed by atoms with Crippen molar-refractivity contribution in [3.05, 3.63) is 522 Å². The molecular weight excluding hydrogens is 1750 g/mol. The van der Waals surface area contributed by atoms with E-state index >= 15 is 0 Å². The highest BCUT2D eigenvalue weighted by Gasteiger charge is 2.26. The van der Waals surface area contributed by atoms with Gasteiger partial charge in [-0.2, -0.15) is 0 Å². The van der Waals surface area contributed by atoms with Crippen LogP contribution in [-0.4, -0.2) is 0 Å². The van der Waals surface area contributed by atoms with Gasteiger partial charge in [0.15, 0.2) is 0 Å². The zero-order chi connectivity index (χ0) is 95.3. The molecule has 0 saturated carbocycles. The maximum atomic E-state index is 6.38. The van der Waals surface area contributed by atoms with Crippen molar-refractivity contribution in [1.82, 2.24) is 0 Å². The molecule has 0 bridgehead atoms. The highest BCUT2D eigenvalue weighted by Crippen LogP contribution is 2.53. The molecule has 672 valence electrons. The molecule has 0 saturated heterocycles. The first-order chi connectivity index (χ1) is 71.9. The lowest BCUT2D eigenvalue weighted by molar-refractivity contribution is 0.669. The Hall–Kier alpha value is -19.1. The van der Waals surface area contributed by atoms with Gasteiger partial charge in [0.2, 0.25) is 0 Å². The van der Waals surface area contributed by atoms with Crippen molar-refractivity contribution in [2.75, 3.05) is 0 Å². The van der Waals surface area contributed by atoms with Crippen LogP contribution in [0.3, 0.4) is 0 Å². The molecular formula is C142H86O3. The number of hydrogen-bond donors (Lipinski definition) is 0. The molecule has 31 aromatic rings. The summed E-state index contributed by atoms with van der Waals surface area (Å²) in [4.78, 5) is 0. The predicted molar refractivity (Wildman–Crippen MR) is 618 cm³/mol. The van der Waals surface area contributed by atoms with E-state index in [1.807, 2.05) is 0 Å². The summed E-state index contributed by atoms with van der Waals surface area (Å²) >= 11 is 0. The first-order valence-electron chi connectivity index (χ1n) is 49.9. The van der Waals surface area contributed by atoms with Crippen LogP contribution in [0, 0.1) is 0 Å². The van der Waals surface area contributed by atoms with Crippen LogP contribution in [0.5, 0.6) is 0 Å². The van der Waals surface area contributed by atoms with Crippen LogP contribution >= 0.6 is 0 Å². The number of benzene rings is 28. The SMILES string of the molecule is c1ccc(-c2c3ccccc3c(-c3cc(-c4ccc5oc6cc7ccccc7cc6c5c4)c4ccccc4c3)c3ccccc23)cc1.c1ccc(-c2c3ccccc3c(-c3cc(-c4ccc5oc6cc7ccccc7cc6c5c4)cc4ccccc34)c3ccccc23)cc1.c1ccc2cc(-c3c4ccccc4c(-c4cc(-c5ccc6oc7cc8ccccc8cc7c6c5)cc5ccccc45)c4ccccc34)ccc2c1. The summed E-state index contributed by atoms with van der Waals surface area (Å²) in [6, 6.07) is 190. The topological polar surface area (TPSA) is 39.4 Å². The van der Waals surface area contributed by atoms with Crippen LogP contribution in [0.25, 0.3) is 306 Å². The number of rotatable bonds is 9. The molecule has 0 aliphatic carbocycles. The molecule has 0 aliphatic heterocycles. The Bertz CT molecular complexity index is 10600. The average Bonchev–Trinajstić information content (AvgIpc) is 1.58. The summed E-state index contributed by atoms with van der Waals surface area (Å²) in [6.07, 6.45) is 0. The number of furan rings is 3. The van der Waals surface area contributed by atoms with E-state index in [1.165, 1.54) is 240 Å². The Labute approximate surface area is 834 Å². The second-order valence-corrected chi connectivity index (χ2v) is 38.6. The van der Waals surface area contributed by atoms with Crippen LogP contribution in [0.4, 0.5) is 0 Å². The van der Waals surface area contributed by atoms with Crippen molar-refractivity contribution in [2.24, 2.45) is 0 Å². The largest absolute Gasteiger partial charge is 0.456 e. The maximum absolute atomic E-state index is 6.38. The van der Waals surface area contributed by atoms with Crippen LogP contribution in [0.15, 0.2) is 535 Å². The zero-order valence-corrected chi connectivity index (χ0v) is 78.9. The van der Waals surface area contributed by atoms with Crippen LogP contribution < -0.4 is 0 Å². The molecule has 31 rings (SSSR count). The van der Waals surface area contributed by atoms with Gasteiger partial charge < -0.3 is 13.3 Å². The molecule has 3 nitrogen and oxygen atoms in total. The van der Waals surface area contributed by atoms with Gasteiger partial charge in [0.25, 0.3) is 0 Å². The van der Waals surface area contributed by atoms with Crippen molar-refractivity contribution >= 4 is 206 Å². The van der Waals surface area contributed by atoms with Crippen molar-refractivity contribution < 1.29 is 13.3 Å². The van der Waals surface area contributed by atoms with E-state index in [0.29, 0.717) is 0 Å². The van der Waals surface area contributed by atoms with Gasteiger partial charge in [-0.1, -0.05) is 406 Å². The molecule has 3 aromatic heterocycles. The van der Waals surface area contributed by atoms with E-state index < -0.39 is 0 Å². The summed E-state index contributed by atoms with van der Waals surface area (Å²) in [7, 11) is 0. The van der Waals surface area contributed by atoms with Gasteiger partial charge in [-0.3, -0.25) is 0 Å². The van der Waals surface area contributed by atoms with Gasteiger partial charge >= 0.3 is 0 Å². The van der Waals surface area contributed by atoms with Crippen LogP contribution in [0.2, 0.25) is 0 Å². The van der Waals surface area contributed by atoms with Crippen LogP contribution in [0.1, 0.15) is 0 Å². The fraction of sp³-hybridized carbons (Fsp3) is 0. The van der Waals surface area contributed by atoms with E-state index in [2.05, 4.69) is 522 Å². The highest BCUT2D eigenvalue weighted by molar-refractivity contribution is 6.28. The molecule has 0 unspecified atom stereocenters. The molecule has 28 aromatic carbocycles. The van der Waals surface area contributed by atoms with Crippen LogP contribution in [-0.2, 0) is 0 Å². The second kappa shape index (κ2) is 33.9. The quantitative estimate of drug-likeness (QED) is 0.135. The van der Waals surface area contributed by atoms with Gasteiger partial charge in [0.1, 0.15) is 33.5 Å². The van der Waals surface area contributed by atoms with Gasteiger partial charge in [0, 0.05) is 32.3 Å². The maximum Gasteiger partial charge on any atom is 0.136 e. The third kappa shape index (κ3) is 13.9. The van der Waals surface area contributed by atoms with E-state index in [4.69, 9.17) is 13.3 Å². The molecule has 0 amide bonds. The zero-order valence-electron chi connectivity index (χ0n) is 78.9. The lowest BCUT2D eigenvalue weighted by Crippen LogP contribution is -1.92. The van der Waals surface area contributed by atoms with Crippen molar-refractivity contribution in [3.63, 3.8) is 0 Å². The molecule has 145 heavy (non-hydrogen) atoms. The molecule has 0 atom stereocenters. The third-order valence-electron chi connectivity index (χ3n) is 30.4. The first-order valence-corrected chi connectivity index (χ1v) is 49.9.